The minimum atomic E-state index is 0. The third-order valence-corrected chi connectivity index (χ3v) is 1.16. The maximum atomic E-state index is 5.32. The van der Waals surface area contributed by atoms with Gasteiger partial charge in [0.2, 0.25) is 0 Å². The van der Waals surface area contributed by atoms with E-state index < -0.39 is 0 Å². The molecule has 1 aromatic rings. The van der Waals surface area contributed by atoms with E-state index in [0.717, 1.165) is 12.1 Å². The average Bonchev–Trinajstić information content (AvgIpc) is 2.17. The normalized spacial score (nSPS) is 9.00. The zero-order valence-electron chi connectivity index (χ0n) is 5.54. The second-order valence-electron chi connectivity index (χ2n) is 2.07. The van der Waals surface area contributed by atoms with E-state index in [4.69, 9.17) is 5.73 Å². The smallest absolute Gasteiger partial charge is 0.0946 e. The molecule has 10 heavy (non-hydrogen) atoms. The van der Waals surface area contributed by atoms with E-state index in [1.165, 1.54) is 0 Å². The van der Waals surface area contributed by atoms with Gasteiger partial charge < -0.3 is 10.3 Å². The molecule has 0 aliphatic heterocycles. The number of aromatic nitrogens is 2. The van der Waals surface area contributed by atoms with Crippen LogP contribution in [0.25, 0.3) is 0 Å². The van der Waals surface area contributed by atoms with Crippen molar-refractivity contribution in [2.75, 3.05) is 6.54 Å². The number of aryl methyl sites for hydroxylation is 1. The van der Waals surface area contributed by atoms with Crippen molar-refractivity contribution >= 4 is 0 Å². The van der Waals surface area contributed by atoms with Gasteiger partial charge >= 0.3 is 0 Å². The Morgan fingerprint density at radius 3 is 2.80 bits per heavy atom. The van der Waals surface area contributed by atoms with Crippen LogP contribution in [0.1, 0.15) is 13.1 Å². The van der Waals surface area contributed by atoms with Gasteiger partial charge in [-0.05, 0) is 6.54 Å². The predicted octanol–water partition coefficient (Wildman–Crippen LogP) is 0.557. The van der Waals surface area contributed by atoms with Gasteiger partial charge in [-0.3, -0.25) is 0 Å². The number of nitrogens with zero attached hydrogens (tertiary/aromatic N) is 2. The van der Waals surface area contributed by atoms with Gasteiger partial charge in [-0.15, -0.1) is 0 Å². The summed E-state index contributed by atoms with van der Waals surface area (Å²) in [6.07, 6.45) is 4.64. The zero-order chi connectivity index (χ0) is 6.69. The third-order valence-electron chi connectivity index (χ3n) is 1.16. The Morgan fingerprint density at radius 1 is 1.70 bits per heavy atom. The van der Waals surface area contributed by atoms with Crippen LogP contribution in [0.3, 0.4) is 0 Å². The molecule has 0 fully saturated rings. The molecule has 0 saturated heterocycles. The van der Waals surface area contributed by atoms with Crippen LogP contribution < -0.4 is 5.73 Å². The zero-order valence-corrected chi connectivity index (χ0v) is 5.54. The fourth-order valence-electron chi connectivity index (χ4n) is 0.744. The number of rotatable bonds is 2. The van der Waals surface area contributed by atoms with Gasteiger partial charge in [0, 0.05) is 19.7 Å². The summed E-state index contributed by atoms with van der Waals surface area (Å²) in [4.78, 5) is 4.09. The van der Waals surface area contributed by atoms with Crippen molar-refractivity contribution in [1.82, 2.24) is 9.55 Å². The van der Waals surface area contributed by atoms with Crippen molar-refractivity contribution in [1.29, 1.82) is 0 Å². The maximum absolute atomic E-state index is 5.32. The van der Waals surface area contributed by atoms with E-state index in [1.54, 1.807) is 6.33 Å². The monoisotopic (exact) mass is 141 g/mol. The molecule has 1 rings (SSSR count). The second-order valence-corrected chi connectivity index (χ2v) is 2.07. The standard InChI is InChI=1S/C6H11N3.CH4/c1-9-4-6(2-3-7)8-5-9;/h4-5H,2-3,7H2,1H3;1H4. The first-order chi connectivity index (χ1) is 4.33. The molecule has 0 aromatic carbocycles. The average molecular weight is 141 g/mol. The van der Waals surface area contributed by atoms with Crippen LogP contribution in [0.15, 0.2) is 12.5 Å². The van der Waals surface area contributed by atoms with Crippen LogP contribution in [0, 0.1) is 0 Å². The highest BCUT2D eigenvalue weighted by atomic mass is 15.0. The van der Waals surface area contributed by atoms with Crippen LogP contribution in [0.5, 0.6) is 0 Å². The van der Waals surface area contributed by atoms with E-state index >= 15 is 0 Å². The molecule has 0 unspecified atom stereocenters. The van der Waals surface area contributed by atoms with Gasteiger partial charge in [0.05, 0.1) is 12.0 Å². The first-order valence-electron chi connectivity index (χ1n) is 3.00. The summed E-state index contributed by atoms with van der Waals surface area (Å²) in [7, 11) is 1.95. The summed E-state index contributed by atoms with van der Waals surface area (Å²) >= 11 is 0. The lowest BCUT2D eigenvalue weighted by molar-refractivity contribution is 0.906. The molecule has 1 aromatic heterocycles. The summed E-state index contributed by atoms with van der Waals surface area (Å²) in [5.74, 6) is 0. The van der Waals surface area contributed by atoms with E-state index in [0.29, 0.717) is 6.54 Å². The highest BCUT2D eigenvalue weighted by molar-refractivity contribution is 4.95. The van der Waals surface area contributed by atoms with Gasteiger partial charge in [-0.1, -0.05) is 7.43 Å². The Labute approximate surface area is 61.9 Å². The summed E-state index contributed by atoms with van der Waals surface area (Å²) < 4.78 is 1.92. The Hall–Kier alpha value is -0.830. The summed E-state index contributed by atoms with van der Waals surface area (Å²) in [5, 5.41) is 0. The fraction of sp³-hybridized carbons (Fsp3) is 0.571. The summed E-state index contributed by atoms with van der Waals surface area (Å²) in [6.45, 7) is 0.678. The highest BCUT2D eigenvalue weighted by Gasteiger charge is 1.91. The number of hydrogen-bond donors (Lipinski definition) is 1. The molecule has 2 N–H and O–H groups in total. The third kappa shape index (κ3) is 2.19. The Bertz CT molecular complexity index is 181. The quantitative estimate of drug-likeness (QED) is 0.654. The second kappa shape index (κ2) is 4.06. The number of hydrogen-bond acceptors (Lipinski definition) is 2. The topological polar surface area (TPSA) is 43.8 Å². The molecule has 0 atom stereocenters. The van der Waals surface area contributed by atoms with Crippen LogP contribution >= 0.6 is 0 Å². The molecule has 0 saturated carbocycles. The molecule has 0 bridgehead atoms. The SMILES string of the molecule is C.Cn1cnc(CCN)c1. The van der Waals surface area contributed by atoms with Crippen molar-refractivity contribution in [2.45, 2.75) is 13.8 Å². The van der Waals surface area contributed by atoms with Gasteiger partial charge in [0.15, 0.2) is 0 Å². The van der Waals surface area contributed by atoms with E-state index in [1.807, 2.05) is 17.8 Å². The molecule has 0 radical (unpaired) electrons. The van der Waals surface area contributed by atoms with Crippen LogP contribution in [-0.2, 0) is 13.5 Å². The first-order valence-corrected chi connectivity index (χ1v) is 3.00. The largest absolute Gasteiger partial charge is 0.340 e. The molecule has 0 spiro atoms. The Morgan fingerprint density at radius 2 is 2.40 bits per heavy atom. The molecule has 1 heterocycles. The van der Waals surface area contributed by atoms with Crippen molar-refractivity contribution in [3.05, 3.63) is 18.2 Å². The fourth-order valence-corrected chi connectivity index (χ4v) is 0.744. The molecule has 3 nitrogen and oxygen atoms in total. The lowest BCUT2D eigenvalue weighted by Gasteiger charge is -1.86. The van der Waals surface area contributed by atoms with E-state index in [-0.39, 0.29) is 7.43 Å². The van der Waals surface area contributed by atoms with Crippen molar-refractivity contribution in [2.24, 2.45) is 12.8 Å². The predicted molar refractivity (Wildman–Crippen MR) is 42.7 cm³/mol. The minimum Gasteiger partial charge on any atom is -0.340 e. The van der Waals surface area contributed by atoms with Gasteiger partial charge in [-0.2, -0.15) is 0 Å². The lowest BCUT2D eigenvalue weighted by atomic mass is 10.3. The van der Waals surface area contributed by atoms with E-state index in [9.17, 15) is 0 Å². The summed E-state index contributed by atoms with van der Waals surface area (Å²) in [5.41, 5.74) is 6.39. The van der Waals surface area contributed by atoms with E-state index in [2.05, 4.69) is 4.98 Å². The molecule has 0 aliphatic rings. The molecule has 0 aliphatic carbocycles. The van der Waals surface area contributed by atoms with Crippen molar-refractivity contribution in [3.63, 3.8) is 0 Å². The minimum absolute atomic E-state index is 0. The summed E-state index contributed by atoms with van der Waals surface area (Å²) in [6, 6.07) is 0. The molecule has 58 valence electrons. The molecule has 3 heteroatoms. The first kappa shape index (κ1) is 9.17. The lowest BCUT2D eigenvalue weighted by Crippen LogP contribution is -2.02. The van der Waals surface area contributed by atoms with Crippen LogP contribution in [0.4, 0.5) is 0 Å². The van der Waals surface area contributed by atoms with Gasteiger partial charge in [0.1, 0.15) is 0 Å². The maximum Gasteiger partial charge on any atom is 0.0946 e. The van der Waals surface area contributed by atoms with Crippen LogP contribution in [0.2, 0.25) is 0 Å². The van der Waals surface area contributed by atoms with Crippen molar-refractivity contribution < 1.29 is 0 Å². The van der Waals surface area contributed by atoms with Crippen LogP contribution in [-0.4, -0.2) is 16.1 Å². The van der Waals surface area contributed by atoms with Crippen molar-refractivity contribution in [3.8, 4) is 0 Å². The number of nitrogens with two attached hydrogens (primary N) is 1. The molecule has 0 amide bonds. The molecular weight excluding hydrogens is 126 g/mol. The Kier molecular flexibility index (Phi) is 3.72. The number of imidazole rings is 1. The molecular formula is C7H15N3. The Balaban J connectivity index is 0.000000810. The van der Waals surface area contributed by atoms with Gasteiger partial charge in [0.25, 0.3) is 0 Å². The van der Waals surface area contributed by atoms with Gasteiger partial charge in [-0.25, -0.2) is 4.98 Å². The highest BCUT2D eigenvalue weighted by Crippen LogP contribution is 1.92.